The number of carbonyl (C=O) groups is 2. The highest BCUT2D eigenvalue weighted by atomic mass is 16.2. The number of nitrogens with one attached hydrogen (secondary N) is 2. The Bertz CT molecular complexity index is 484. The van der Waals surface area contributed by atoms with Gasteiger partial charge in [-0.15, -0.1) is 0 Å². The molecule has 2 N–H and O–H groups in total. The van der Waals surface area contributed by atoms with Crippen molar-refractivity contribution in [2.24, 2.45) is 0 Å². The summed E-state index contributed by atoms with van der Waals surface area (Å²) in [4.78, 5) is 25.4. The van der Waals surface area contributed by atoms with Gasteiger partial charge in [-0.1, -0.05) is 19.1 Å². The number of benzene rings is 1. The number of aryl methyl sites for hydroxylation is 1. The van der Waals surface area contributed by atoms with Crippen molar-refractivity contribution in [1.29, 1.82) is 0 Å². The lowest BCUT2D eigenvalue weighted by Crippen LogP contribution is -2.53. The molecule has 2 rings (SSSR count). The minimum Gasteiger partial charge on any atom is -0.354 e. The van der Waals surface area contributed by atoms with E-state index in [1.54, 1.807) is 0 Å². The Morgan fingerprint density at radius 3 is 2.70 bits per heavy atom. The average molecular weight is 275 g/mol. The van der Waals surface area contributed by atoms with Crippen LogP contribution >= 0.6 is 0 Å². The minimum absolute atomic E-state index is 0.0248. The van der Waals surface area contributed by atoms with E-state index in [0.29, 0.717) is 13.1 Å². The second-order valence-electron chi connectivity index (χ2n) is 5.04. The normalized spacial score (nSPS) is 17.4. The number of nitrogens with zero attached hydrogens (tertiary/aromatic N) is 1. The zero-order valence-corrected chi connectivity index (χ0v) is 12.0. The van der Waals surface area contributed by atoms with Crippen LogP contribution < -0.4 is 10.6 Å². The molecular weight excluding hydrogens is 254 g/mol. The first kappa shape index (κ1) is 14.5. The molecule has 0 radical (unpaired) electrons. The number of amides is 2. The maximum Gasteiger partial charge on any atom is 0.241 e. The number of hydrogen-bond donors (Lipinski definition) is 2. The quantitative estimate of drug-likeness (QED) is 0.862. The van der Waals surface area contributed by atoms with E-state index >= 15 is 0 Å². The van der Waals surface area contributed by atoms with Crippen LogP contribution in [-0.4, -0.2) is 42.4 Å². The summed E-state index contributed by atoms with van der Waals surface area (Å²) in [6.45, 7) is 5.51. The number of piperazine rings is 1. The molecule has 20 heavy (non-hydrogen) atoms. The fourth-order valence-corrected chi connectivity index (χ4v) is 2.23. The summed E-state index contributed by atoms with van der Waals surface area (Å²) in [5.74, 6) is -0.104. The van der Waals surface area contributed by atoms with Crippen LogP contribution in [0.15, 0.2) is 24.3 Å². The lowest BCUT2D eigenvalue weighted by Gasteiger charge is -2.31. The summed E-state index contributed by atoms with van der Waals surface area (Å²) in [7, 11) is 0. The second kappa shape index (κ2) is 6.52. The maximum absolute atomic E-state index is 12.2. The molecule has 2 amide bonds. The maximum atomic E-state index is 12.2. The molecule has 0 spiro atoms. The molecule has 0 bridgehead atoms. The van der Waals surface area contributed by atoms with E-state index in [4.69, 9.17) is 0 Å². The topological polar surface area (TPSA) is 61.4 Å². The van der Waals surface area contributed by atoms with Crippen LogP contribution in [0.5, 0.6) is 0 Å². The van der Waals surface area contributed by atoms with E-state index in [9.17, 15) is 9.59 Å². The predicted octanol–water partition coefficient (Wildman–Crippen LogP) is 1.01. The Morgan fingerprint density at radius 1 is 1.40 bits per heavy atom. The van der Waals surface area contributed by atoms with Gasteiger partial charge in [-0.3, -0.25) is 14.5 Å². The summed E-state index contributed by atoms with van der Waals surface area (Å²) < 4.78 is 0. The summed E-state index contributed by atoms with van der Waals surface area (Å²) in [6.07, 6.45) is 0.980. The standard InChI is InChI=1S/C15H21N3O2/c1-3-12-4-6-13(7-5-12)17-15(20)11(2)18-9-8-16-14(19)10-18/h4-7,11H,3,8-10H2,1-2H3,(H,16,19)(H,17,20)/t11-/m1/s1. The van der Waals surface area contributed by atoms with Gasteiger partial charge in [-0.2, -0.15) is 0 Å². The van der Waals surface area contributed by atoms with Crippen LogP contribution in [0, 0.1) is 0 Å². The summed E-state index contributed by atoms with van der Waals surface area (Å²) in [5, 5.41) is 5.65. The molecule has 0 unspecified atom stereocenters. The molecule has 1 aromatic carbocycles. The van der Waals surface area contributed by atoms with Crippen molar-refractivity contribution < 1.29 is 9.59 Å². The summed E-state index contributed by atoms with van der Waals surface area (Å²) >= 11 is 0. The fraction of sp³-hybridized carbons (Fsp3) is 0.467. The Labute approximate surface area is 119 Å². The lowest BCUT2D eigenvalue weighted by atomic mass is 10.1. The van der Waals surface area contributed by atoms with Gasteiger partial charge in [-0.25, -0.2) is 0 Å². The number of carbonyl (C=O) groups excluding carboxylic acids is 2. The minimum atomic E-state index is -0.313. The molecular formula is C15H21N3O2. The van der Waals surface area contributed by atoms with Crippen molar-refractivity contribution in [3.8, 4) is 0 Å². The first-order valence-electron chi connectivity index (χ1n) is 7.00. The molecule has 0 saturated carbocycles. The zero-order valence-electron chi connectivity index (χ0n) is 12.0. The smallest absolute Gasteiger partial charge is 0.241 e. The van der Waals surface area contributed by atoms with E-state index in [0.717, 1.165) is 12.1 Å². The van der Waals surface area contributed by atoms with Crippen LogP contribution in [0.2, 0.25) is 0 Å². The molecule has 5 heteroatoms. The Morgan fingerprint density at radius 2 is 2.10 bits per heavy atom. The molecule has 1 aliphatic heterocycles. The van der Waals surface area contributed by atoms with Crippen LogP contribution in [0.1, 0.15) is 19.4 Å². The SMILES string of the molecule is CCc1ccc(NC(=O)[C@@H](C)N2CCNC(=O)C2)cc1. The fourth-order valence-electron chi connectivity index (χ4n) is 2.23. The molecule has 1 heterocycles. The molecule has 108 valence electrons. The van der Waals surface area contributed by atoms with E-state index < -0.39 is 0 Å². The van der Waals surface area contributed by atoms with Gasteiger partial charge >= 0.3 is 0 Å². The Hall–Kier alpha value is -1.88. The second-order valence-corrected chi connectivity index (χ2v) is 5.04. The van der Waals surface area contributed by atoms with Gasteiger partial charge in [0.15, 0.2) is 0 Å². The first-order valence-corrected chi connectivity index (χ1v) is 7.00. The predicted molar refractivity (Wildman–Crippen MR) is 78.5 cm³/mol. The van der Waals surface area contributed by atoms with Crippen LogP contribution in [0.25, 0.3) is 0 Å². The molecule has 0 aromatic heterocycles. The Kier molecular flexibility index (Phi) is 4.74. The molecule has 1 aromatic rings. The van der Waals surface area contributed by atoms with Crippen molar-refractivity contribution in [2.75, 3.05) is 25.0 Å². The number of hydrogen-bond acceptors (Lipinski definition) is 3. The van der Waals surface area contributed by atoms with Gasteiger partial charge < -0.3 is 10.6 Å². The summed E-state index contributed by atoms with van der Waals surface area (Å²) in [6, 6.07) is 7.52. The van der Waals surface area contributed by atoms with Crippen molar-refractivity contribution >= 4 is 17.5 Å². The number of anilines is 1. The lowest BCUT2D eigenvalue weighted by molar-refractivity contribution is -0.127. The van der Waals surface area contributed by atoms with Gasteiger partial charge in [0.05, 0.1) is 12.6 Å². The average Bonchev–Trinajstić information content (AvgIpc) is 2.47. The third kappa shape index (κ3) is 3.57. The highest BCUT2D eigenvalue weighted by Gasteiger charge is 2.25. The zero-order chi connectivity index (χ0) is 14.5. The van der Waals surface area contributed by atoms with Crippen LogP contribution in [0.3, 0.4) is 0 Å². The third-order valence-electron chi connectivity index (χ3n) is 3.62. The van der Waals surface area contributed by atoms with Gasteiger partial charge in [-0.05, 0) is 31.0 Å². The van der Waals surface area contributed by atoms with Gasteiger partial charge in [0, 0.05) is 18.8 Å². The van der Waals surface area contributed by atoms with E-state index in [1.165, 1.54) is 5.56 Å². The van der Waals surface area contributed by atoms with E-state index in [-0.39, 0.29) is 24.4 Å². The molecule has 1 aliphatic rings. The first-order chi connectivity index (χ1) is 9.60. The van der Waals surface area contributed by atoms with Crippen molar-refractivity contribution in [2.45, 2.75) is 26.3 Å². The number of rotatable bonds is 4. The van der Waals surface area contributed by atoms with Crippen molar-refractivity contribution in [3.63, 3.8) is 0 Å². The highest BCUT2D eigenvalue weighted by Crippen LogP contribution is 2.11. The summed E-state index contributed by atoms with van der Waals surface area (Å²) in [5.41, 5.74) is 2.03. The van der Waals surface area contributed by atoms with Crippen LogP contribution in [-0.2, 0) is 16.0 Å². The molecule has 5 nitrogen and oxygen atoms in total. The monoisotopic (exact) mass is 275 g/mol. The molecule has 0 aliphatic carbocycles. The van der Waals surface area contributed by atoms with Crippen molar-refractivity contribution in [1.82, 2.24) is 10.2 Å². The Balaban J connectivity index is 1.94. The largest absolute Gasteiger partial charge is 0.354 e. The van der Waals surface area contributed by atoms with Crippen molar-refractivity contribution in [3.05, 3.63) is 29.8 Å². The van der Waals surface area contributed by atoms with E-state index in [2.05, 4.69) is 17.6 Å². The van der Waals surface area contributed by atoms with Gasteiger partial charge in [0.1, 0.15) is 0 Å². The molecule has 1 saturated heterocycles. The molecule has 1 fully saturated rings. The van der Waals surface area contributed by atoms with Gasteiger partial charge in [0.25, 0.3) is 0 Å². The van der Waals surface area contributed by atoms with Gasteiger partial charge in [0.2, 0.25) is 11.8 Å². The van der Waals surface area contributed by atoms with E-state index in [1.807, 2.05) is 36.1 Å². The molecule has 1 atom stereocenters. The highest BCUT2D eigenvalue weighted by molar-refractivity contribution is 5.95. The van der Waals surface area contributed by atoms with Crippen LogP contribution in [0.4, 0.5) is 5.69 Å². The third-order valence-corrected chi connectivity index (χ3v) is 3.62.